The number of halogens is 1. The topological polar surface area (TPSA) is 59.0 Å². The lowest BCUT2D eigenvalue weighted by molar-refractivity contribution is 0.139. The summed E-state index contributed by atoms with van der Waals surface area (Å²) in [5, 5.41) is 6.93. The quantitative estimate of drug-likeness (QED) is 0.554. The van der Waals surface area contributed by atoms with E-state index in [2.05, 4.69) is 44.4 Å². The molecule has 2 unspecified atom stereocenters. The molecule has 0 radical (unpaired) electrons. The zero-order valence-electron chi connectivity index (χ0n) is 17.4. The van der Waals surface area contributed by atoms with Crippen LogP contribution in [0.4, 0.5) is 10.2 Å². The van der Waals surface area contributed by atoms with Gasteiger partial charge in [0.15, 0.2) is 17.6 Å². The predicted molar refractivity (Wildman–Crippen MR) is 112 cm³/mol. The van der Waals surface area contributed by atoms with Crippen molar-refractivity contribution in [3.63, 3.8) is 0 Å². The molecule has 2 N–H and O–H groups in total. The Morgan fingerprint density at radius 3 is 2.82 bits per heavy atom. The molecule has 2 atom stereocenters. The first-order valence-electron chi connectivity index (χ1n) is 10.3. The SMILES string of the molecule is CN=C(NCC(C)CN1CCN(C)CC1)NC1CCN(c2ncccc2F)C1. The van der Waals surface area contributed by atoms with Gasteiger partial charge in [-0.3, -0.25) is 4.99 Å². The van der Waals surface area contributed by atoms with Gasteiger partial charge in [0.2, 0.25) is 0 Å². The van der Waals surface area contributed by atoms with Gasteiger partial charge in [0.05, 0.1) is 0 Å². The third-order valence-electron chi connectivity index (χ3n) is 5.58. The van der Waals surface area contributed by atoms with E-state index in [1.165, 1.54) is 6.07 Å². The van der Waals surface area contributed by atoms with Crippen LogP contribution in [0.1, 0.15) is 13.3 Å². The van der Waals surface area contributed by atoms with Crippen molar-refractivity contribution in [1.82, 2.24) is 25.4 Å². The first-order valence-corrected chi connectivity index (χ1v) is 10.3. The molecule has 2 aliphatic rings. The number of piperazine rings is 1. The van der Waals surface area contributed by atoms with Crippen LogP contribution in [-0.2, 0) is 0 Å². The molecular weight excluding hydrogens is 357 g/mol. The third-order valence-corrected chi connectivity index (χ3v) is 5.58. The Balaban J connectivity index is 1.40. The minimum atomic E-state index is -0.261. The first kappa shape index (κ1) is 20.8. The Morgan fingerprint density at radius 2 is 2.11 bits per heavy atom. The van der Waals surface area contributed by atoms with Crippen LogP contribution in [0.25, 0.3) is 0 Å². The van der Waals surface area contributed by atoms with Crippen molar-refractivity contribution >= 4 is 11.8 Å². The summed E-state index contributed by atoms with van der Waals surface area (Å²) in [5.41, 5.74) is 0. The normalized spacial score (nSPS) is 23.1. The van der Waals surface area contributed by atoms with E-state index in [0.29, 0.717) is 11.7 Å². The molecule has 2 aliphatic heterocycles. The molecule has 0 spiro atoms. The van der Waals surface area contributed by atoms with E-state index in [1.807, 2.05) is 4.90 Å². The summed E-state index contributed by atoms with van der Waals surface area (Å²) in [6.45, 7) is 10.4. The van der Waals surface area contributed by atoms with E-state index in [1.54, 1.807) is 19.3 Å². The van der Waals surface area contributed by atoms with Gasteiger partial charge in [0.25, 0.3) is 0 Å². The van der Waals surface area contributed by atoms with Gasteiger partial charge in [-0.2, -0.15) is 0 Å². The number of rotatable bonds is 6. The second kappa shape index (κ2) is 10.0. The number of hydrogen-bond acceptors (Lipinski definition) is 5. The highest BCUT2D eigenvalue weighted by Crippen LogP contribution is 2.20. The maximum absolute atomic E-state index is 14.0. The lowest BCUT2D eigenvalue weighted by Crippen LogP contribution is -2.49. The molecule has 1 aromatic rings. The van der Waals surface area contributed by atoms with Gasteiger partial charge in [-0.25, -0.2) is 9.37 Å². The van der Waals surface area contributed by atoms with Crippen LogP contribution in [0.3, 0.4) is 0 Å². The highest BCUT2D eigenvalue weighted by molar-refractivity contribution is 5.80. The molecular formula is C20H34FN7. The molecule has 1 aromatic heterocycles. The molecule has 0 bridgehead atoms. The Labute approximate surface area is 168 Å². The number of hydrogen-bond donors (Lipinski definition) is 2. The zero-order chi connectivity index (χ0) is 19.9. The zero-order valence-corrected chi connectivity index (χ0v) is 17.4. The van der Waals surface area contributed by atoms with Gasteiger partial charge in [-0.05, 0) is 31.5 Å². The van der Waals surface area contributed by atoms with Crippen LogP contribution >= 0.6 is 0 Å². The maximum Gasteiger partial charge on any atom is 0.191 e. The third kappa shape index (κ3) is 5.78. The molecule has 0 aromatic carbocycles. The molecule has 3 heterocycles. The standard InChI is InChI=1S/C20H34FN7/c1-16(14-27-11-9-26(3)10-12-27)13-24-20(22-2)25-17-6-8-28(15-17)19-18(21)5-4-7-23-19/h4-5,7,16-17H,6,8-15H2,1-3H3,(H2,22,24,25). The fourth-order valence-electron chi connectivity index (χ4n) is 3.88. The molecule has 0 amide bonds. The van der Waals surface area contributed by atoms with E-state index < -0.39 is 0 Å². The van der Waals surface area contributed by atoms with Crippen LogP contribution in [0.5, 0.6) is 0 Å². The number of nitrogens with zero attached hydrogens (tertiary/aromatic N) is 5. The molecule has 28 heavy (non-hydrogen) atoms. The van der Waals surface area contributed by atoms with Gasteiger partial charge in [0.1, 0.15) is 0 Å². The van der Waals surface area contributed by atoms with Gasteiger partial charge < -0.3 is 25.3 Å². The number of pyridine rings is 1. The molecule has 2 saturated heterocycles. The van der Waals surface area contributed by atoms with Crippen molar-refractivity contribution in [3.8, 4) is 0 Å². The largest absolute Gasteiger partial charge is 0.356 e. The van der Waals surface area contributed by atoms with Crippen molar-refractivity contribution in [2.24, 2.45) is 10.9 Å². The van der Waals surface area contributed by atoms with Crippen LogP contribution in [0.15, 0.2) is 23.3 Å². The van der Waals surface area contributed by atoms with Crippen molar-refractivity contribution in [2.75, 3.05) is 71.4 Å². The Morgan fingerprint density at radius 1 is 1.32 bits per heavy atom. The van der Waals surface area contributed by atoms with Gasteiger partial charge >= 0.3 is 0 Å². The second-order valence-corrected chi connectivity index (χ2v) is 8.05. The van der Waals surface area contributed by atoms with Crippen LogP contribution in [-0.4, -0.2) is 93.2 Å². The number of aliphatic imine (C=N–C) groups is 1. The molecule has 7 nitrogen and oxygen atoms in total. The minimum absolute atomic E-state index is 0.237. The molecule has 0 aliphatic carbocycles. The molecule has 8 heteroatoms. The smallest absolute Gasteiger partial charge is 0.191 e. The summed E-state index contributed by atoms with van der Waals surface area (Å²) in [7, 11) is 3.98. The average molecular weight is 392 g/mol. The molecule has 0 saturated carbocycles. The van der Waals surface area contributed by atoms with Crippen molar-refractivity contribution in [1.29, 1.82) is 0 Å². The number of anilines is 1. The van der Waals surface area contributed by atoms with Crippen LogP contribution in [0.2, 0.25) is 0 Å². The molecule has 156 valence electrons. The van der Waals surface area contributed by atoms with Crippen molar-refractivity contribution < 1.29 is 4.39 Å². The highest BCUT2D eigenvalue weighted by Gasteiger charge is 2.26. The Bertz CT molecular complexity index is 645. The fraction of sp³-hybridized carbons (Fsp3) is 0.700. The lowest BCUT2D eigenvalue weighted by Gasteiger charge is -2.34. The maximum atomic E-state index is 14.0. The summed E-state index contributed by atoms with van der Waals surface area (Å²) >= 11 is 0. The summed E-state index contributed by atoms with van der Waals surface area (Å²) in [6, 6.07) is 3.32. The van der Waals surface area contributed by atoms with Crippen LogP contribution < -0.4 is 15.5 Å². The van der Waals surface area contributed by atoms with Gasteiger partial charge in [-0.15, -0.1) is 0 Å². The number of guanidine groups is 1. The molecule has 2 fully saturated rings. The Hall–Kier alpha value is -1.93. The monoisotopic (exact) mass is 391 g/mol. The predicted octanol–water partition coefficient (Wildman–Crippen LogP) is 0.848. The van der Waals surface area contributed by atoms with E-state index >= 15 is 0 Å². The molecule has 3 rings (SSSR count). The van der Waals surface area contributed by atoms with Crippen LogP contribution in [0, 0.1) is 11.7 Å². The fourth-order valence-corrected chi connectivity index (χ4v) is 3.88. The minimum Gasteiger partial charge on any atom is -0.356 e. The van der Waals surface area contributed by atoms with E-state index in [0.717, 1.165) is 64.7 Å². The lowest BCUT2D eigenvalue weighted by atomic mass is 10.1. The summed E-state index contributed by atoms with van der Waals surface area (Å²) < 4.78 is 14.0. The number of nitrogens with one attached hydrogen (secondary N) is 2. The van der Waals surface area contributed by atoms with E-state index in [9.17, 15) is 4.39 Å². The number of likely N-dealkylation sites (N-methyl/N-ethyl adjacent to an activating group) is 1. The van der Waals surface area contributed by atoms with Crippen molar-refractivity contribution in [3.05, 3.63) is 24.1 Å². The summed E-state index contributed by atoms with van der Waals surface area (Å²) in [4.78, 5) is 15.5. The number of aromatic nitrogens is 1. The first-order chi connectivity index (χ1) is 13.5. The average Bonchev–Trinajstić information content (AvgIpc) is 3.15. The second-order valence-electron chi connectivity index (χ2n) is 8.05. The van der Waals surface area contributed by atoms with Gasteiger partial charge in [0, 0.05) is 71.6 Å². The Kier molecular flexibility index (Phi) is 7.44. The van der Waals surface area contributed by atoms with Crippen molar-refractivity contribution in [2.45, 2.75) is 19.4 Å². The van der Waals surface area contributed by atoms with Gasteiger partial charge in [-0.1, -0.05) is 6.92 Å². The van der Waals surface area contributed by atoms with E-state index in [4.69, 9.17) is 0 Å². The summed E-state index contributed by atoms with van der Waals surface area (Å²) in [6.07, 6.45) is 2.58. The summed E-state index contributed by atoms with van der Waals surface area (Å²) in [5.74, 6) is 1.54. The highest BCUT2D eigenvalue weighted by atomic mass is 19.1. The van der Waals surface area contributed by atoms with E-state index in [-0.39, 0.29) is 11.9 Å².